The Morgan fingerprint density at radius 1 is 1.43 bits per heavy atom. The van der Waals surface area contributed by atoms with Gasteiger partial charge in [0.2, 0.25) is 0 Å². The fraction of sp³-hybridized carbons (Fsp3) is 0.100. The molecule has 0 spiro atoms. The van der Waals surface area contributed by atoms with E-state index in [4.69, 9.17) is 5.11 Å². The van der Waals surface area contributed by atoms with Crippen LogP contribution < -0.4 is 0 Å². The van der Waals surface area contributed by atoms with Crippen LogP contribution in [0.25, 0.3) is 10.9 Å². The SMILES string of the molecule is Cn1c(C(=O)O)cc2c(O)cccc21. The maximum absolute atomic E-state index is 10.8. The van der Waals surface area contributed by atoms with Gasteiger partial charge in [-0.2, -0.15) is 0 Å². The number of rotatable bonds is 1. The van der Waals surface area contributed by atoms with E-state index in [1.54, 1.807) is 19.2 Å². The van der Waals surface area contributed by atoms with Gasteiger partial charge in [-0.1, -0.05) is 6.07 Å². The molecule has 1 aromatic carbocycles. The van der Waals surface area contributed by atoms with Crippen LogP contribution in [-0.2, 0) is 7.05 Å². The average Bonchev–Trinajstić information content (AvgIpc) is 2.46. The first kappa shape index (κ1) is 8.62. The zero-order valence-corrected chi connectivity index (χ0v) is 7.56. The number of aromatic hydroxyl groups is 1. The Balaban J connectivity index is 2.86. The fourth-order valence-electron chi connectivity index (χ4n) is 1.55. The first-order valence-electron chi connectivity index (χ1n) is 4.12. The van der Waals surface area contributed by atoms with Crippen molar-refractivity contribution < 1.29 is 15.0 Å². The van der Waals surface area contributed by atoms with Crippen molar-refractivity contribution in [3.63, 3.8) is 0 Å². The third-order valence-corrected chi connectivity index (χ3v) is 2.28. The summed E-state index contributed by atoms with van der Waals surface area (Å²) >= 11 is 0. The number of nitrogens with zero attached hydrogens (tertiary/aromatic N) is 1. The second kappa shape index (κ2) is 2.77. The Bertz CT molecular complexity index is 513. The van der Waals surface area contributed by atoms with Gasteiger partial charge in [-0.05, 0) is 18.2 Å². The molecule has 4 heteroatoms. The van der Waals surface area contributed by atoms with Crippen LogP contribution in [0.3, 0.4) is 0 Å². The van der Waals surface area contributed by atoms with Gasteiger partial charge < -0.3 is 14.8 Å². The molecular weight excluding hydrogens is 182 g/mol. The number of phenolic OH excluding ortho intramolecular Hbond substituents is 1. The van der Waals surface area contributed by atoms with Gasteiger partial charge in [0.1, 0.15) is 11.4 Å². The quantitative estimate of drug-likeness (QED) is 0.719. The highest BCUT2D eigenvalue weighted by molar-refractivity contribution is 5.96. The second-order valence-electron chi connectivity index (χ2n) is 3.10. The Morgan fingerprint density at radius 2 is 2.14 bits per heavy atom. The molecule has 0 aliphatic rings. The maximum atomic E-state index is 10.8. The van der Waals surface area contributed by atoms with E-state index in [0.717, 1.165) is 0 Å². The van der Waals surface area contributed by atoms with E-state index in [9.17, 15) is 9.90 Å². The number of carboxylic acid groups (broad SMARTS) is 1. The number of phenols is 1. The van der Waals surface area contributed by atoms with Crippen molar-refractivity contribution in [1.29, 1.82) is 0 Å². The summed E-state index contributed by atoms with van der Waals surface area (Å²) in [6, 6.07) is 6.45. The van der Waals surface area contributed by atoms with Crippen molar-refractivity contribution in [1.82, 2.24) is 4.57 Å². The predicted molar refractivity (Wildman–Crippen MR) is 51.5 cm³/mol. The molecule has 0 unspecified atom stereocenters. The fourth-order valence-corrected chi connectivity index (χ4v) is 1.55. The number of aromatic nitrogens is 1. The molecule has 0 atom stereocenters. The highest BCUT2D eigenvalue weighted by atomic mass is 16.4. The average molecular weight is 191 g/mol. The molecule has 0 saturated heterocycles. The molecule has 0 aliphatic carbocycles. The molecular formula is C10H9NO3. The first-order valence-corrected chi connectivity index (χ1v) is 4.12. The van der Waals surface area contributed by atoms with Crippen molar-refractivity contribution >= 4 is 16.9 Å². The van der Waals surface area contributed by atoms with Crippen LogP contribution in [-0.4, -0.2) is 20.7 Å². The van der Waals surface area contributed by atoms with Crippen LogP contribution in [0.4, 0.5) is 0 Å². The van der Waals surface area contributed by atoms with E-state index < -0.39 is 5.97 Å². The number of hydrogen-bond acceptors (Lipinski definition) is 2. The number of fused-ring (bicyclic) bond motifs is 1. The summed E-state index contributed by atoms with van der Waals surface area (Å²) in [6.45, 7) is 0. The molecule has 14 heavy (non-hydrogen) atoms. The molecule has 1 aromatic heterocycles. The Labute approximate surface area is 80.0 Å². The number of carbonyl (C=O) groups is 1. The molecule has 2 N–H and O–H groups in total. The molecule has 0 aliphatic heterocycles. The number of carboxylic acids is 1. The Hall–Kier alpha value is -1.97. The topological polar surface area (TPSA) is 62.5 Å². The molecule has 0 bridgehead atoms. The smallest absolute Gasteiger partial charge is 0.352 e. The van der Waals surface area contributed by atoms with Gasteiger partial charge in [-0.25, -0.2) is 4.79 Å². The van der Waals surface area contributed by atoms with Crippen LogP contribution in [0.2, 0.25) is 0 Å². The summed E-state index contributed by atoms with van der Waals surface area (Å²) in [5, 5.41) is 18.9. The van der Waals surface area contributed by atoms with Crippen LogP contribution in [0.1, 0.15) is 10.5 Å². The van der Waals surface area contributed by atoms with Crippen LogP contribution in [0.5, 0.6) is 5.75 Å². The molecule has 72 valence electrons. The summed E-state index contributed by atoms with van der Waals surface area (Å²) in [6.07, 6.45) is 0. The monoisotopic (exact) mass is 191 g/mol. The third kappa shape index (κ3) is 1.04. The first-order chi connectivity index (χ1) is 6.61. The van der Waals surface area contributed by atoms with Crippen molar-refractivity contribution in [3.05, 3.63) is 30.0 Å². The minimum atomic E-state index is -0.997. The third-order valence-electron chi connectivity index (χ3n) is 2.28. The number of aromatic carboxylic acids is 1. The highest BCUT2D eigenvalue weighted by Gasteiger charge is 2.13. The van der Waals surface area contributed by atoms with Gasteiger partial charge in [-0.3, -0.25) is 0 Å². The van der Waals surface area contributed by atoms with Crippen LogP contribution >= 0.6 is 0 Å². The molecule has 4 nitrogen and oxygen atoms in total. The van der Waals surface area contributed by atoms with E-state index in [1.807, 2.05) is 0 Å². The van der Waals surface area contributed by atoms with Crippen molar-refractivity contribution in [3.8, 4) is 5.75 Å². The summed E-state index contributed by atoms with van der Waals surface area (Å²) in [5.74, 6) is -0.895. The minimum Gasteiger partial charge on any atom is -0.507 e. The van der Waals surface area contributed by atoms with E-state index in [0.29, 0.717) is 10.9 Å². The van der Waals surface area contributed by atoms with Crippen molar-refractivity contribution in [2.24, 2.45) is 7.05 Å². The van der Waals surface area contributed by atoms with E-state index in [2.05, 4.69) is 0 Å². The molecule has 0 amide bonds. The van der Waals surface area contributed by atoms with Gasteiger partial charge in [0.15, 0.2) is 0 Å². The number of hydrogen-bond donors (Lipinski definition) is 2. The van der Waals surface area contributed by atoms with Crippen LogP contribution in [0.15, 0.2) is 24.3 Å². The van der Waals surface area contributed by atoms with Gasteiger partial charge >= 0.3 is 5.97 Å². The van der Waals surface area contributed by atoms with E-state index in [1.165, 1.54) is 16.7 Å². The molecule has 1 heterocycles. The van der Waals surface area contributed by atoms with Gasteiger partial charge in [0.25, 0.3) is 0 Å². The molecule has 2 aromatic rings. The lowest BCUT2D eigenvalue weighted by Gasteiger charge is -1.98. The molecule has 2 rings (SSSR count). The zero-order valence-electron chi connectivity index (χ0n) is 7.56. The zero-order chi connectivity index (χ0) is 10.3. The summed E-state index contributed by atoms with van der Waals surface area (Å²) in [4.78, 5) is 10.8. The standard InChI is InChI=1S/C10H9NO3/c1-11-7-3-2-4-9(12)6(7)5-8(11)10(13)14/h2-5,12H,1H3,(H,13,14). The number of aryl methyl sites for hydroxylation is 1. The largest absolute Gasteiger partial charge is 0.507 e. The molecule has 0 saturated carbocycles. The lowest BCUT2D eigenvalue weighted by Crippen LogP contribution is -2.03. The second-order valence-corrected chi connectivity index (χ2v) is 3.10. The van der Waals surface area contributed by atoms with Crippen LogP contribution in [0, 0.1) is 0 Å². The van der Waals surface area contributed by atoms with Gasteiger partial charge in [0.05, 0.1) is 5.52 Å². The molecule has 0 fully saturated rings. The molecule has 0 radical (unpaired) electrons. The maximum Gasteiger partial charge on any atom is 0.352 e. The minimum absolute atomic E-state index is 0.102. The normalized spacial score (nSPS) is 10.6. The van der Waals surface area contributed by atoms with Gasteiger partial charge in [-0.15, -0.1) is 0 Å². The highest BCUT2D eigenvalue weighted by Crippen LogP contribution is 2.26. The predicted octanol–water partition coefficient (Wildman–Crippen LogP) is 1.58. The van der Waals surface area contributed by atoms with Crippen molar-refractivity contribution in [2.75, 3.05) is 0 Å². The van der Waals surface area contributed by atoms with E-state index in [-0.39, 0.29) is 11.4 Å². The Morgan fingerprint density at radius 3 is 2.71 bits per heavy atom. The lowest BCUT2D eigenvalue weighted by molar-refractivity contribution is 0.0687. The summed E-state index contributed by atoms with van der Waals surface area (Å²) in [7, 11) is 1.66. The van der Waals surface area contributed by atoms with E-state index >= 15 is 0 Å². The summed E-state index contributed by atoms with van der Waals surface area (Å²) in [5.41, 5.74) is 0.879. The van der Waals surface area contributed by atoms with Crippen molar-refractivity contribution in [2.45, 2.75) is 0 Å². The lowest BCUT2D eigenvalue weighted by atomic mass is 10.2. The Kier molecular flexibility index (Phi) is 1.70. The summed E-state index contributed by atoms with van der Waals surface area (Å²) < 4.78 is 1.54. The number of benzene rings is 1. The van der Waals surface area contributed by atoms with Gasteiger partial charge in [0, 0.05) is 12.4 Å².